The monoisotopic (exact) mass is 285 g/mol. The highest BCUT2D eigenvalue weighted by molar-refractivity contribution is 5.84. The zero-order valence-corrected chi connectivity index (χ0v) is 11.8. The van der Waals surface area contributed by atoms with Crippen LogP contribution in [-0.4, -0.2) is 11.1 Å². The predicted octanol–water partition coefficient (Wildman–Crippen LogP) is 3.42. The summed E-state index contributed by atoms with van der Waals surface area (Å²) in [5, 5.41) is 11.4. The van der Waals surface area contributed by atoms with Crippen molar-refractivity contribution in [1.82, 2.24) is 4.98 Å². The van der Waals surface area contributed by atoms with Crippen LogP contribution in [0.4, 0.5) is 10.7 Å². The lowest BCUT2D eigenvalue weighted by atomic mass is 10.2. The van der Waals surface area contributed by atoms with Crippen molar-refractivity contribution in [2.75, 3.05) is 5.32 Å². The fourth-order valence-electron chi connectivity index (χ4n) is 1.60. The minimum atomic E-state index is -0.693. The molecule has 0 aliphatic heterocycles. The van der Waals surface area contributed by atoms with E-state index in [1.54, 1.807) is 0 Å². The first-order valence-electron chi connectivity index (χ1n) is 6.48. The van der Waals surface area contributed by atoms with Crippen LogP contribution in [0.5, 0.6) is 0 Å². The van der Waals surface area contributed by atoms with Gasteiger partial charge >= 0.3 is 6.09 Å². The fourth-order valence-corrected chi connectivity index (χ4v) is 1.60. The van der Waals surface area contributed by atoms with Gasteiger partial charge in [-0.3, -0.25) is 5.32 Å². The number of oxazole rings is 1. The molecular weight excluding hydrogens is 270 g/mol. The molecule has 0 fully saturated rings. The van der Waals surface area contributed by atoms with Gasteiger partial charge in [-0.15, -0.1) is 0 Å². The van der Waals surface area contributed by atoms with Gasteiger partial charge in [0.25, 0.3) is 0 Å². The average molecular weight is 285 g/mol. The Morgan fingerprint density at radius 3 is 2.76 bits per heavy atom. The number of nitrogens with one attached hydrogen (secondary N) is 1. The molecule has 0 radical (unpaired) electrons. The van der Waals surface area contributed by atoms with E-state index in [-0.39, 0.29) is 24.1 Å². The van der Waals surface area contributed by atoms with Crippen LogP contribution in [-0.2, 0) is 11.3 Å². The zero-order chi connectivity index (χ0) is 15.2. The average Bonchev–Trinajstić information content (AvgIpc) is 2.89. The highest BCUT2D eigenvalue weighted by Gasteiger charge is 2.17. The van der Waals surface area contributed by atoms with Crippen LogP contribution >= 0.6 is 0 Å². The van der Waals surface area contributed by atoms with E-state index in [2.05, 4.69) is 10.3 Å². The lowest BCUT2D eigenvalue weighted by Crippen LogP contribution is -2.13. The molecule has 1 aromatic carbocycles. The maximum Gasteiger partial charge on any atom is 0.414 e. The van der Waals surface area contributed by atoms with Crippen molar-refractivity contribution < 1.29 is 13.9 Å². The van der Waals surface area contributed by atoms with Gasteiger partial charge in [0.05, 0.1) is 0 Å². The number of amides is 1. The summed E-state index contributed by atoms with van der Waals surface area (Å²) in [7, 11) is 0. The zero-order valence-electron chi connectivity index (χ0n) is 11.8. The first kappa shape index (κ1) is 14.6. The summed E-state index contributed by atoms with van der Waals surface area (Å²) < 4.78 is 10.4. The summed E-state index contributed by atoms with van der Waals surface area (Å²) in [4.78, 5) is 15.7. The summed E-state index contributed by atoms with van der Waals surface area (Å²) >= 11 is 0. The topological polar surface area (TPSA) is 88.2 Å². The molecule has 6 nitrogen and oxygen atoms in total. The molecule has 0 bridgehead atoms. The molecule has 0 aliphatic carbocycles. The third kappa shape index (κ3) is 3.83. The lowest BCUT2D eigenvalue weighted by molar-refractivity contribution is 0.154. The van der Waals surface area contributed by atoms with Crippen molar-refractivity contribution >= 4 is 12.0 Å². The van der Waals surface area contributed by atoms with E-state index in [0.29, 0.717) is 5.89 Å². The number of anilines is 1. The molecule has 0 aliphatic rings. The number of carbonyl (C=O) groups is 1. The highest BCUT2D eigenvalue weighted by atomic mass is 16.6. The lowest BCUT2D eigenvalue weighted by Gasteiger charge is -2.05. The van der Waals surface area contributed by atoms with Crippen LogP contribution < -0.4 is 5.32 Å². The second-order valence-electron chi connectivity index (χ2n) is 4.68. The number of hydrogen-bond acceptors (Lipinski definition) is 5. The van der Waals surface area contributed by atoms with Crippen LogP contribution in [0.25, 0.3) is 0 Å². The number of nitriles is 1. The minimum absolute atomic E-state index is 0.0132. The van der Waals surface area contributed by atoms with Crippen molar-refractivity contribution in [1.29, 1.82) is 5.26 Å². The van der Waals surface area contributed by atoms with Crippen molar-refractivity contribution in [3.63, 3.8) is 0 Å². The number of hydrogen-bond donors (Lipinski definition) is 1. The molecule has 0 saturated heterocycles. The van der Waals surface area contributed by atoms with Crippen molar-refractivity contribution in [3.8, 4) is 6.07 Å². The standard InChI is InChI=1S/C15H15N3O3/c1-10(2)13-17-12(8-16)14(21-13)18-15(19)20-9-11-6-4-3-5-7-11/h3-7,10H,9H2,1-2H3,(H,18,19). The Morgan fingerprint density at radius 1 is 1.43 bits per heavy atom. The quantitative estimate of drug-likeness (QED) is 0.929. The Balaban J connectivity index is 1.98. The molecule has 21 heavy (non-hydrogen) atoms. The first-order valence-corrected chi connectivity index (χ1v) is 6.48. The number of rotatable bonds is 4. The molecule has 6 heteroatoms. The molecule has 0 saturated carbocycles. The van der Waals surface area contributed by atoms with E-state index in [0.717, 1.165) is 5.56 Å². The van der Waals surface area contributed by atoms with Crippen LogP contribution in [0.2, 0.25) is 0 Å². The van der Waals surface area contributed by atoms with Gasteiger partial charge in [-0.05, 0) is 5.56 Å². The Bertz CT molecular complexity index is 657. The van der Waals surface area contributed by atoms with Gasteiger partial charge in [0.15, 0.2) is 0 Å². The van der Waals surface area contributed by atoms with Gasteiger partial charge in [0.2, 0.25) is 17.5 Å². The molecule has 0 unspecified atom stereocenters. The minimum Gasteiger partial charge on any atom is -0.444 e. The summed E-state index contributed by atoms with van der Waals surface area (Å²) in [5.41, 5.74) is 0.906. The first-order chi connectivity index (χ1) is 10.1. The number of carbonyl (C=O) groups excluding carboxylic acids is 1. The summed E-state index contributed by atoms with van der Waals surface area (Å²) in [6, 6.07) is 11.2. The van der Waals surface area contributed by atoms with Crippen molar-refractivity contribution in [3.05, 3.63) is 47.5 Å². The molecule has 2 aromatic rings. The molecule has 1 aromatic heterocycles. The van der Waals surface area contributed by atoms with Crippen molar-refractivity contribution in [2.45, 2.75) is 26.4 Å². The fraction of sp³-hybridized carbons (Fsp3) is 0.267. The van der Waals surface area contributed by atoms with E-state index in [1.807, 2.05) is 50.2 Å². The summed E-state index contributed by atoms with van der Waals surface area (Å²) in [6.45, 7) is 3.90. The molecule has 108 valence electrons. The smallest absolute Gasteiger partial charge is 0.414 e. The number of aromatic nitrogens is 1. The molecule has 0 atom stereocenters. The third-order valence-corrected chi connectivity index (χ3v) is 2.67. The van der Waals surface area contributed by atoms with E-state index in [1.165, 1.54) is 0 Å². The van der Waals surface area contributed by atoms with Crippen LogP contribution in [0.3, 0.4) is 0 Å². The van der Waals surface area contributed by atoms with Gasteiger partial charge in [-0.2, -0.15) is 5.26 Å². The van der Waals surface area contributed by atoms with Crippen LogP contribution in [0.1, 0.15) is 36.9 Å². The molecule has 1 heterocycles. The molecule has 0 spiro atoms. The highest BCUT2D eigenvalue weighted by Crippen LogP contribution is 2.22. The molecule has 1 N–H and O–H groups in total. The Kier molecular flexibility index (Phi) is 4.57. The van der Waals surface area contributed by atoms with E-state index in [9.17, 15) is 4.79 Å². The van der Waals surface area contributed by atoms with Gasteiger partial charge in [0, 0.05) is 5.92 Å². The normalized spacial score (nSPS) is 10.2. The Labute approximate surface area is 122 Å². The van der Waals surface area contributed by atoms with Gasteiger partial charge in [-0.1, -0.05) is 44.2 Å². The second kappa shape index (κ2) is 6.57. The number of ether oxygens (including phenoxy) is 1. The SMILES string of the molecule is CC(C)c1nc(C#N)c(NC(=O)OCc2ccccc2)o1. The molecular formula is C15H15N3O3. The molecule has 2 rings (SSSR count). The number of benzene rings is 1. The maximum absolute atomic E-state index is 11.7. The Morgan fingerprint density at radius 2 is 2.14 bits per heavy atom. The maximum atomic E-state index is 11.7. The van der Waals surface area contributed by atoms with Crippen LogP contribution in [0.15, 0.2) is 34.7 Å². The summed E-state index contributed by atoms with van der Waals surface area (Å²) in [6.07, 6.45) is -0.693. The third-order valence-electron chi connectivity index (χ3n) is 2.67. The second-order valence-corrected chi connectivity index (χ2v) is 4.68. The summed E-state index contributed by atoms with van der Waals surface area (Å²) in [5.74, 6) is 0.428. The molecule has 1 amide bonds. The van der Waals surface area contributed by atoms with Crippen LogP contribution in [0, 0.1) is 11.3 Å². The van der Waals surface area contributed by atoms with E-state index in [4.69, 9.17) is 14.4 Å². The largest absolute Gasteiger partial charge is 0.444 e. The van der Waals surface area contributed by atoms with Crippen molar-refractivity contribution in [2.24, 2.45) is 0 Å². The number of nitrogens with zero attached hydrogens (tertiary/aromatic N) is 2. The van der Waals surface area contributed by atoms with Gasteiger partial charge < -0.3 is 9.15 Å². The predicted molar refractivity (Wildman–Crippen MR) is 75.6 cm³/mol. The van der Waals surface area contributed by atoms with Gasteiger partial charge in [-0.25, -0.2) is 9.78 Å². The van der Waals surface area contributed by atoms with Gasteiger partial charge in [0.1, 0.15) is 12.7 Å². The van der Waals surface area contributed by atoms with E-state index >= 15 is 0 Å². The van der Waals surface area contributed by atoms with E-state index < -0.39 is 6.09 Å². The Hall–Kier alpha value is -2.81.